The molecule has 1 heterocycles. The number of hydrogen-bond donors (Lipinski definition) is 1. The van der Waals surface area contributed by atoms with Gasteiger partial charge in [-0.1, -0.05) is 25.5 Å². The van der Waals surface area contributed by atoms with E-state index >= 15 is 0 Å². The van der Waals surface area contributed by atoms with E-state index in [0.717, 1.165) is 40.7 Å². The highest BCUT2D eigenvalue weighted by molar-refractivity contribution is 7.16. The highest BCUT2D eigenvalue weighted by atomic mass is 32.1. The normalized spacial score (nSPS) is 10.5. The molecule has 0 saturated heterocycles. The zero-order valence-corrected chi connectivity index (χ0v) is 16.9. The molecule has 1 N–H and O–H groups in total. The van der Waals surface area contributed by atoms with E-state index in [1.165, 1.54) is 4.88 Å². The van der Waals surface area contributed by atoms with Crippen LogP contribution in [-0.2, 0) is 6.42 Å². The van der Waals surface area contributed by atoms with Gasteiger partial charge in [-0.2, -0.15) is 0 Å². The van der Waals surface area contributed by atoms with E-state index in [0.29, 0.717) is 11.5 Å². The molecule has 3 rings (SSSR count). The number of para-hydroxylation sites is 2. The molecule has 0 radical (unpaired) electrons. The van der Waals surface area contributed by atoms with Gasteiger partial charge in [0.15, 0.2) is 16.6 Å². The zero-order chi connectivity index (χ0) is 19.2. The SMILES string of the molecule is CCCc1sc(Nc2ccccc2OC)nc1-c1ccc(OC)c(OC)c1. The van der Waals surface area contributed by atoms with Gasteiger partial charge in [-0.05, 0) is 36.8 Å². The van der Waals surface area contributed by atoms with Crippen LogP contribution in [0.5, 0.6) is 17.2 Å². The van der Waals surface area contributed by atoms with Crippen LogP contribution >= 0.6 is 11.3 Å². The Hall–Kier alpha value is -2.73. The number of methoxy groups -OCH3 is 3. The minimum atomic E-state index is 0.699. The minimum absolute atomic E-state index is 0.699. The first kappa shape index (κ1) is 19.0. The Bertz CT molecular complexity index is 908. The van der Waals surface area contributed by atoms with Gasteiger partial charge in [-0.15, -0.1) is 11.3 Å². The number of anilines is 2. The second-order valence-electron chi connectivity index (χ2n) is 5.94. The van der Waals surface area contributed by atoms with Crippen LogP contribution in [0.1, 0.15) is 18.2 Å². The first-order chi connectivity index (χ1) is 13.2. The lowest BCUT2D eigenvalue weighted by molar-refractivity contribution is 0.355. The van der Waals surface area contributed by atoms with Crippen molar-refractivity contribution >= 4 is 22.2 Å². The van der Waals surface area contributed by atoms with Crippen LogP contribution in [0.2, 0.25) is 0 Å². The fraction of sp³-hybridized carbons (Fsp3) is 0.286. The topological polar surface area (TPSA) is 52.6 Å². The lowest BCUT2D eigenvalue weighted by Gasteiger charge is -2.09. The average molecular weight is 385 g/mol. The third-order valence-corrected chi connectivity index (χ3v) is 5.21. The molecule has 6 heteroatoms. The van der Waals surface area contributed by atoms with E-state index in [9.17, 15) is 0 Å². The van der Waals surface area contributed by atoms with Crippen LogP contribution in [0.15, 0.2) is 42.5 Å². The minimum Gasteiger partial charge on any atom is -0.495 e. The first-order valence-corrected chi connectivity index (χ1v) is 9.64. The van der Waals surface area contributed by atoms with Gasteiger partial charge in [-0.25, -0.2) is 4.98 Å². The molecule has 0 aliphatic heterocycles. The van der Waals surface area contributed by atoms with Crippen LogP contribution in [0, 0.1) is 0 Å². The quantitative estimate of drug-likeness (QED) is 0.553. The van der Waals surface area contributed by atoms with Crippen molar-refractivity contribution < 1.29 is 14.2 Å². The standard InChI is InChI=1S/C21H24N2O3S/c1-5-8-19-20(14-11-12-17(25-3)18(13-14)26-4)23-21(27-19)22-15-9-6-7-10-16(15)24-2/h6-7,9-13H,5,8H2,1-4H3,(H,22,23). The summed E-state index contributed by atoms with van der Waals surface area (Å²) in [6.45, 7) is 2.17. The van der Waals surface area contributed by atoms with E-state index < -0.39 is 0 Å². The predicted octanol–water partition coefficient (Wildman–Crippen LogP) is 5.53. The van der Waals surface area contributed by atoms with E-state index in [2.05, 4.69) is 12.2 Å². The van der Waals surface area contributed by atoms with Crippen molar-refractivity contribution in [2.45, 2.75) is 19.8 Å². The molecule has 0 atom stereocenters. The highest BCUT2D eigenvalue weighted by Gasteiger charge is 2.16. The van der Waals surface area contributed by atoms with Crippen molar-refractivity contribution in [3.8, 4) is 28.5 Å². The molecule has 2 aromatic carbocycles. The summed E-state index contributed by atoms with van der Waals surface area (Å²) in [5.74, 6) is 2.20. The van der Waals surface area contributed by atoms with Crippen molar-refractivity contribution in [2.75, 3.05) is 26.6 Å². The molecule has 27 heavy (non-hydrogen) atoms. The summed E-state index contributed by atoms with van der Waals surface area (Å²) in [4.78, 5) is 6.09. The van der Waals surface area contributed by atoms with E-state index in [4.69, 9.17) is 19.2 Å². The Kier molecular flexibility index (Phi) is 6.19. The zero-order valence-electron chi connectivity index (χ0n) is 16.0. The molecule has 0 amide bonds. The third kappa shape index (κ3) is 4.17. The fourth-order valence-electron chi connectivity index (χ4n) is 2.87. The molecule has 0 fully saturated rings. The third-order valence-electron chi connectivity index (χ3n) is 4.18. The summed E-state index contributed by atoms with van der Waals surface area (Å²) < 4.78 is 16.2. The number of aryl methyl sites for hydroxylation is 1. The molecule has 1 aromatic heterocycles. The molecule has 0 aliphatic carbocycles. The highest BCUT2D eigenvalue weighted by Crippen LogP contribution is 2.38. The largest absolute Gasteiger partial charge is 0.495 e. The lowest BCUT2D eigenvalue weighted by atomic mass is 10.1. The monoisotopic (exact) mass is 384 g/mol. The van der Waals surface area contributed by atoms with Crippen LogP contribution in [-0.4, -0.2) is 26.3 Å². The van der Waals surface area contributed by atoms with Crippen molar-refractivity contribution in [1.29, 1.82) is 0 Å². The Labute approximate surface area is 163 Å². The summed E-state index contributed by atoms with van der Waals surface area (Å²) in [7, 11) is 4.95. The number of nitrogens with zero attached hydrogens (tertiary/aromatic N) is 1. The molecule has 0 aliphatic rings. The van der Waals surface area contributed by atoms with Crippen LogP contribution in [0.25, 0.3) is 11.3 Å². The Morgan fingerprint density at radius 2 is 1.67 bits per heavy atom. The second kappa shape index (κ2) is 8.77. The summed E-state index contributed by atoms with van der Waals surface area (Å²) in [5, 5.41) is 4.23. The number of benzene rings is 2. The molecular formula is C21H24N2O3S. The number of aromatic nitrogens is 1. The van der Waals surface area contributed by atoms with Gasteiger partial charge in [0.2, 0.25) is 0 Å². The summed E-state index contributed by atoms with van der Waals surface area (Å²) in [5.41, 5.74) is 2.89. The summed E-state index contributed by atoms with van der Waals surface area (Å²) in [6.07, 6.45) is 2.02. The van der Waals surface area contributed by atoms with Gasteiger partial charge in [0.1, 0.15) is 5.75 Å². The molecular weight excluding hydrogens is 360 g/mol. The van der Waals surface area contributed by atoms with Crippen LogP contribution < -0.4 is 19.5 Å². The Morgan fingerprint density at radius 1 is 0.926 bits per heavy atom. The molecule has 142 valence electrons. The van der Waals surface area contributed by atoms with E-state index in [1.807, 2.05) is 42.5 Å². The number of ether oxygens (including phenoxy) is 3. The number of thiazole rings is 1. The van der Waals surface area contributed by atoms with E-state index in [-0.39, 0.29) is 0 Å². The van der Waals surface area contributed by atoms with Gasteiger partial charge in [0.05, 0.1) is 32.7 Å². The van der Waals surface area contributed by atoms with Gasteiger partial charge in [0, 0.05) is 10.4 Å². The Morgan fingerprint density at radius 3 is 2.37 bits per heavy atom. The van der Waals surface area contributed by atoms with Crippen molar-refractivity contribution in [3.05, 3.63) is 47.3 Å². The lowest BCUT2D eigenvalue weighted by Crippen LogP contribution is -1.94. The fourth-order valence-corrected chi connectivity index (χ4v) is 3.97. The summed E-state index contributed by atoms with van der Waals surface area (Å²) >= 11 is 1.67. The first-order valence-electron chi connectivity index (χ1n) is 8.82. The van der Waals surface area contributed by atoms with Crippen molar-refractivity contribution in [2.24, 2.45) is 0 Å². The van der Waals surface area contributed by atoms with Crippen molar-refractivity contribution in [3.63, 3.8) is 0 Å². The maximum absolute atomic E-state index is 5.45. The number of rotatable bonds is 8. The van der Waals surface area contributed by atoms with Gasteiger partial charge in [0.25, 0.3) is 0 Å². The van der Waals surface area contributed by atoms with Crippen molar-refractivity contribution in [1.82, 2.24) is 4.98 Å². The number of hydrogen-bond acceptors (Lipinski definition) is 6. The van der Waals surface area contributed by atoms with Gasteiger partial charge in [-0.3, -0.25) is 0 Å². The molecule has 5 nitrogen and oxygen atoms in total. The van der Waals surface area contributed by atoms with Gasteiger partial charge >= 0.3 is 0 Å². The predicted molar refractivity (Wildman–Crippen MR) is 111 cm³/mol. The van der Waals surface area contributed by atoms with Crippen LogP contribution in [0.4, 0.5) is 10.8 Å². The molecule has 0 spiro atoms. The average Bonchev–Trinajstić information content (AvgIpc) is 3.10. The van der Waals surface area contributed by atoms with Gasteiger partial charge < -0.3 is 19.5 Å². The number of nitrogens with one attached hydrogen (secondary N) is 1. The smallest absolute Gasteiger partial charge is 0.188 e. The van der Waals surface area contributed by atoms with Crippen LogP contribution in [0.3, 0.4) is 0 Å². The maximum atomic E-state index is 5.45. The Balaban J connectivity index is 1.98. The van der Waals surface area contributed by atoms with E-state index in [1.54, 1.807) is 32.7 Å². The second-order valence-corrected chi connectivity index (χ2v) is 7.02. The summed E-state index contributed by atoms with van der Waals surface area (Å²) in [6, 6.07) is 13.7. The molecule has 0 bridgehead atoms. The molecule has 0 unspecified atom stereocenters. The molecule has 0 saturated carbocycles. The molecule has 3 aromatic rings. The maximum Gasteiger partial charge on any atom is 0.188 e.